The molecule has 6 nitrogen and oxygen atoms in total. The van der Waals surface area contributed by atoms with Gasteiger partial charge in [0.25, 0.3) is 0 Å². The van der Waals surface area contributed by atoms with E-state index in [9.17, 15) is 4.79 Å². The van der Waals surface area contributed by atoms with E-state index in [1.54, 1.807) is 0 Å². The van der Waals surface area contributed by atoms with Crippen LogP contribution in [0.2, 0.25) is 0 Å². The van der Waals surface area contributed by atoms with Crippen LogP contribution >= 0.6 is 0 Å². The second-order valence-electron chi connectivity index (χ2n) is 6.14. The van der Waals surface area contributed by atoms with Gasteiger partial charge in [0.2, 0.25) is 5.91 Å². The first-order valence-corrected chi connectivity index (χ1v) is 8.17. The number of hydrogen-bond acceptors (Lipinski definition) is 5. The Kier molecular flexibility index (Phi) is 5.05. The number of para-hydroxylation sites is 1. The molecule has 6 heteroatoms. The van der Waals surface area contributed by atoms with Crippen LogP contribution in [0.15, 0.2) is 42.5 Å². The summed E-state index contributed by atoms with van der Waals surface area (Å²) in [6.07, 6.45) is 1.29. The summed E-state index contributed by atoms with van der Waals surface area (Å²) in [5, 5.41) is 17.4. The van der Waals surface area contributed by atoms with E-state index in [1.807, 2.05) is 59.3 Å². The van der Waals surface area contributed by atoms with Gasteiger partial charge >= 0.3 is 0 Å². The maximum atomic E-state index is 12.3. The van der Waals surface area contributed by atoms with E-state index in [0.29, 0.717) is 13.0 Å². The third-order valence-electron chi connectivity index (χ3n) is 4.30. The maximum Gasteiger partial charge on any atom is 0.227 e. The highest BCUT2D eigenvalue weighted by Crippen LogP contribution is 2.26. The van der Waals surface area contributed by atoms with Crippen molar-refractivity contribution in [1.82, 2.24) is 10.2 Å². The number of anilines is 2. The lowest BCUT2D eigenvalue weighted by atomic mass is 10.0. The number of rotatable bonds is 6. The Bertz CT molecular complexity index is 675. The van der Waals surface area contributed by atoms with Crippen molar-refractivity contribution < 1.29 is 9.90 Å². The molecule has 1 aromatic carbocycles. The number of aliphatic hydroxyl groups excluding tert-OH is 1. The quantitative estimate of drug-likeness (QED) is 0.871. The Morgan fingerprint density at radius 2 is 2.00 bits per heavy atom. The summed E-state index contributed by atoms with van der Waals surface area (Å²) in [6, 6.07) is 13.6. The third kappa shape index (κ3) is 3.71. The number of aliphatic hydroxyl groups is 1. The molecule has 1 aromatic heterocycles. The smallest absolute Gasteiger partial charge is 0.227 e. The summed E-state index contributed by atoms with van der Waals surface area (Å²) >= 11 is 0. The van der Waals surface area contributed by atoms with Crippen LogP contribution in [0.5, 0.6) is 0 Å². The molecule has 1 N–H and O–H groups in total. The highest BCUT2D eigenvalue weighted by Gasteiger charge is 2.30. The van der Waals surface area contributed by atoms with Crippen LogP contribution < -0.4 is 9.80 Å². The van der Waals surface area contributed by atoms with Gasteiger partial charge in [-0.1, -0.05) is 18.2 Å². The van der Waals surface area contributed by atoms with Crippen molar-refractivity contribution in [3.63, 3.8) is 0 Å². The van der Waals surface area contributed by atoms with E-state index in [1.165, 1.54) is 0 Å². The number of aromatic nitrogens is 2. The van der Waals surface area contributed by atoms with Gasteiger partial charge < -0.3 is 14.9 Å². The summed E-state index contributed by atoms with van der Waals surface area (Å²) < 4.78 is 0. The van der Waals surface area contributed by atoms with Crippen LogP contribution in [0.4, 0.5) is 11.5 Å². The number of benzene rings is 1. The number of amides is 1. The van der Waals surface area contributed by atoms with E-state index < -0.39 is 0 Å². The average molecular weight is 326 g/mol. The minimum absolute atomic E-state index is 0.0828. The fraction of sp³-hybridized carbons (Fsp3) is 0.389. The van der Waals surface area contributed by atoms with E-state index in [2.05, 4.69) is 10.2 Å². The molecular weight excluding hydrogens is 304 g/mol. The van der Waals surface area contributed by atoms with Crippen molar-refractivity contribution in [1.29, 1.82) is 0 Å². The first kappa shape index (κ1) is 16.4. The van der Waals surface area contributed by atoms with Gasteiger partial charge in [0.15, 0.2) is 5.82 Å². The van der Waals surface area contributed by atoms with Crippen molar-refractivity contribution >= 4 is 17.4 Å². The minimum Gasteiger partial charge on any atom is -0.395 e. The second-order valence-corrected chi connectivity index (χ2v) is 6.14. The summed E-state index contributed by atoms with van der Waals surface area (Å²) in [5.74, 6) is 1.16. The molecule has 0 bridgehead atoms. The Hall–Kier alpha value is -2.47. The first-order valence-electron chi connectivity index (χ1n) is 8.17. The van der Waals surface area contributed by atoms with Crippen molar-refractivity contribution in [3.05, 3.63) is 48.2 Å². The Balaban J connectivity index is 1.62. The van der Waals surface area contributed by atoms with Gasteiger partial charge in [0.05, 0.1) is 12.3 Å². The minimum atomic E-state index is 0.0828. The second kappa shape index (κ2) is 7.40. The average Bonchev–Trinajstić information content (AvgIpc) is 2.97. The van der Waals surface area contributed by atoms with Gasteiger partial charge in [-0.15, -0.1) is 5.10 Å². The van der Waals surface area contributed by atoms with Gasteiger partial charge in [0, 0.05) is 32.2 Å². The SMILES string of the molecule is CN(CCO)c1ccc(C[C@H]2CC(=O)N(c3ccccc3)C2)nn1. The van der Waals surface area contributed by atoms with Gasteiger partial charge in [0.1, 0.15) is 0 Å². The molecule has 0 saturated carbocycles. The number of nitrogens with zero attached hydrogens (tertiary/aromatic N) is 4. The van der Waals surface area contributed by atoms with E-state index in [4.69, 9.17) is 5.11 Å². The normalized spacial score (nSPS) is 17.3. The van der Waals surface area contributed by atoms with Gasteiger partial charge in [-0.25, -0.2) is 0 Å². The van der Waals surface area contributed by atoms with Crippen LogP contribution in [-0.4, -0.2) is 48.0 Å². The zero-order chi connectivity index (χ0) is 16.9. The largest absolute Gasteiger partial charge is 0.395 e. The topological polar surface area (TPSA) is 69.6 Å². The highest BCUT2D eigenvalue weighted by molar-refractivity contribution is 5.95. The monoisotopic (exact) mass is 326 g/mol. The fourth-order valence-electron chi connectivity index (χ4n) is 3.00. The molecule has 1 amide bonds. The van der Waals surface area contributed by atoms with Gasteiger partial charge in [-0.2, -0.15) is 5.10 Å². The van der Waals surface area contributed by atoms with E-state index >= 15 is 0 Å². The Labute approximate surface area is 141 Å². The predicted molar refractivity (Wildman–Crippen MR) is 93.0 cm³/mol. The zero-order valence-corrected chi connectivity index (χ0v) is 13.8. The van der Waals surface area contributed by atoms with Crippen LogP contribution in [0.25, 0.3) is 0 Å². The van der Waals surface area contributed by atoms with E-state index in [-0.39, 0.29) is 18.4 Å². The van der Waals surface area contributed by atoms with Crippen molar-refractivity contribution in [2.24, 2.45) is 5.92 Å². The predicted octanol–water partition coefficient (Wildman–Crippen LogP) is 1.50. The molecule has 2 aromatic rings. The standard InChI is InChI=1S/C18H22N4O2/c1-21(9-10-23)17-8-7-15(19-20-17)11-14-12-18(24)22(13-14)16-5-3-2-4-6-16/h2-8,14,23H,9-13H2,1H3/t14-/m0/s1. The van der Waals surface area contributed by atoms with Crippen molar-refractivity contribution in [2.45, 2.75) is 12.8 Å². The maximum absolute atomic E-state index is 12.3. The zero-order valence-electron chi connectivity index (χ0n) is 13.8. The molecule has 2 heterocycles. The summed E-state index contributed by atoms with van der Waals surface area (Å²) in [4.78, 5) is 16.0. The molecule has 0 unspecified atom stereocenters. The van der Waals surface area contributed by atoms with Crippen LogP contribution in [0.3, 0.4) is 0 Å². The summed E-state index contributed by atoms with van der Waals surface area (Å²) in [5.41, 5.74) is 1.85. The lowest BCUT2D eigenvalue weighted by Gasteiger charge is -2.17. The van der Waals surface area contributed by atoms with Crippen molar-refractivity contribution in [2.75, 3.05) is 36.5 Å². The molecular formula is C18H22N4O2. The third-order valence-corrected chi connectivity index (χ3v) is 4.30. The molecule has 0 radical (unpaired) electrons. The van der Waals surface area contributed by atoms with Gasteiger partial charge in [-0.05, 0) is 36.6 Å². The Morgan fingerprint density at radius 3 is 2.67 bits per heavy atom. The summed E-state index contributed by atoms with van der Waals surface area (Å²) in [7, 11) is 1.87. The molecule has 1 atom stereocenters. The van der Waals surface area contributed by atoms with E-state index in [0.717, 1.165) is 30.2 Å². The molecule has 1 aliphatic heterocycles. The Morgan fingerprint density at radius 1 is 1.21 bits per heavy atom. The molecule has 1 saturated heterocycles. The lowest BCUT2D eigenvalue weighted by Crippen LogP contribution is -2.24. The van der Waals surface area contributed by atoms with Crippen molar-refractivity contribution in [3.8, 4) is 0 Å². The highest BCUT2D eigenvalue weighted by atomic mass is 16.3. The fourth-order valence-corrected chi connectivity index (χ4v) is 3.00. The molecule has 3 rings (SSSR count). The molecule has 0 spiro atoms. The number of carbonyl (C=O) groups excluding carboxylic acids is 1. The molecule has 0 aliphatic carbocycles. The summed E-state index contributed by atoms with van der Waals surface area (Å²) in [6.45, 7) is 1.33. The molecule has 1 fully saturated rings. The number of likely N-dealkylation sites (N-methyl/N-ethyl adjacent to an activating group) is 1. The van der Waals surface area contributed by atoms with Crippen LogP contribution in [0, 0.1) is 5.92 Å². The number of carbonyl (C=O) groups is 1. The number of hydrogen-bond donors (Lipinski definition) is 1. The van der Waals surface area contributed by atoms with Crippen LogP contribution in [0.1, 0.15) is 12.1 Å². The lowest BCUT2D eigenvalue weighted by molar-refractivity contribution is -0.117. The first-order chi connectivity index (χ1) is 11.7. The van der Waals surface area contributed by atoms with Gasteiger partial charge in [-0.3, -0.25) is 4.79 Å². The molecule has 126 valence electrons. The van der Waals surface area contributed by atoms with Crippen LogP contribution in [-0.2, 0) is 11.2 Å². The molecule has 1 aliphatic rings. The molecule has 24 heavy (non-hydrogen) atoms.